The van der Waals surface area contributed by atoms with Crippen molar-refractivity contribution >= 4 is 33.4 Å². The van der Waals surface area contributed by atoms with Crippen LogP contribution >= 0.6 is 27.5 Å². The topological polar surface area (TPSA) is 42.4 Å². The van der Waals surface area contributed by atoms with E-state index in [-0.39, 0.29) is 12.0 Å². The minimum atomic E-state index is -0.0701. The molecule has 0 bridgehead atoms. The Morgan fingerprint density at radius 3 is 2.96 bits per heavy atom. The lowest BCUT2D eigenvalue weighted by Gasteiger charge is -2.18. The molecule has 1 aliphatic rings. The minimum Gasteiger partial charge on any atom is -0.472 e. The Bertz CT molecular complexity index is 721. The number of amides is 1. The Morgan fingerprint density at radius 1 is 1.39 bits per heavy atom. The van der Waals surface area contributed by atoms with Crippen molar-refractivity contribution < 1.29 is 9.53 Å². The van der Waals surface area contributed by atoms with Crippen molar-refractivity contribution in [3.63, 3.8) is 0 Å². The molecule has 1 atom stereocenters. The van der Waals surface area contributed by atoms with E-state index in [0.717, 1.165) is 16.5 Å². The highest BCUT2D eigenvalue weighted by molar-refractivity contribution is 9.10. The fraction of sp³-hybridized carbons (Fsp3) is 0.294. The Kier molecular flexibility index (Phi) is 4.87. The van der Waals surface area contributed by atoms with Crippen LogP contribution in [0, 0.1) is 6.92 Å². The molecule has 6 heteroatoms. The summed E-state index contributed by atoms with van der Waals surface area (Å²) >= 11 is 9.51. The quantitative estimate of drug-likeness (QED) is 0.786. The summed E-state index contributed by atoms with van der Waals surface area (Å²) in [5, 5.41) is 0.461. The number of nitrogens with zero attached hydrogens (tertiary/aromatic N) is 2. The second-order valence-corrected chi connectivity index (χ2v) is 6.90. The summed E-state index contributed by atoms with van der Waals surface area (Å²) in [6.45, 7) is 3.17. The molecule has 0 aliphatic carbocycles. The third-order valence-electron chi connectivity index (χ3n) is 3.76. The van der Waals surface area contributed by atoms with Crippen LogP contribution in [0.5, 0.6) is 5.88 Å². The van der Waals surface area contributed by atoms with Gasteiger partial charge in [0.1, 0.15) is 6.10 Å². The highest BCUT2D eigenvalue weighted by Crippen LogP contribution is 2.25. The molecule has 1 fully saturated rings. The van der Waals surface area contributed by atoms with Crippen LogP contribution in [0.1, 0.15) is 22.3 Å². The number of benzene rings is 1. The summed E-state index contributed by atoms with van der Waals surface area (Å²) in [5.74, 6) is 0.523. The van der Waals surface area contributed by atoms with E-state index in [4.69, 9.17) is 16.3 Å². The Balaban J connectivity index is 1.66. The average Bonchev–Trinajstić information content (AvgIpc) is 3.00. The normalized spacial score (nSPS) is 17.3. The first-order chi connectivity index (χ1) is 11.0. The zero-order chi connectivity index (χ0) is 16.4. The molecule has 0 spiro atoms. The number of carbonyl (C=O) groups is 1. The molecule has 120 valence electrons. The van der Waals surface area contributed by atoms with Gasteiger partial charge in [-0.25, -0.2) is 4.98 Å². The Morgan fingerprint density at radius 2 is 2.22 bits per heavy atom. The van der Waals surface area contributed by atoms with Gasteiger partial charge >= 0.3 is 0 Å². The van der Waals surface area contributed by atoms with Crippen LogP contribution in [0.2, 0.25) is 5.02 Å². The lowest BCUT2D eigenvalue weighted by Crippen LogP contribution is -2.31. The van der Waals surface area contributed by atoms with Crippen molar-refractivity contribution in [2.24, 2.45) is 0 Å². The molecule has 3 rings (SSSR count). The maximum absolute atomic E-state index is 12.6. The summed E-state index contributed by atoms with van der Waals surface area (Å²) in [4.78, 5) is 18.6. The SMILES string of the molecule is Cc1ccc(OC2CCN(C(=O)c3cc(Br)ccc3Cl)C2)nc1. The van der Waals surface area contributed by atoms with Gasteiger partial charge in [0.25, 0.3) is 5.91 Å². The number of ether oxygens (including phenoxy) is 1. The molecule has 1 saturated heterocycles. The van der Waals surface area contributed by atoms with E-state index in [0.29, 0.717) is 29.6 Å². The molecule has 1 unspecified atom stereocenters. The summed E-state index contributed by atoms with van der Waals surface area (Å²) in [6.07, 6.45) is 2.52. The van der Waals surface area contributed by atoms with Crippen LogP contribution in [-0.2, 0) is 0 Å². The molecule has 0 saturated carbocycles. The van der Waals surface area contributed by atoms with E-state index in [1.54, 1.807) is 23.2 Å². The molecule has 2 aromatic rings. The van der Waals surface area contributed by atoms with Gasteiger partial charge in [-0.15, -0.1) is 0 Å². The van der Waals surface area contributed by atoms with E-state index in [1.807, 2.05) is 25.1 Å². The first-order valence-corrected chi connectivity index (χ1v) is 8.53. The van der Waals surface area contributed by atoms with Crippen LogP contribution in [0.15, 0.2) is 41.0 Å². The van der Waals surface area contributed by atoms with Crippen LogP contribution in [-0.4, -0.2) is 35.0 Å². The van der Waals surface area contributed by atoms with Gasteiger partial charge in [-0.3, -0.25) is 4.79 Å². The fourth-order valence-electron chi connectivity index (χ4n) is 2.54. The Hall–Kier alpha value is -1.59. The highest BCUT2D eigenvalue weighted by Gasteiger charge is 2.29. The molecule has 0 radical (unpaired) electrons. The van der Waals surface area contributed by atoms with Crippen molar-refractivity contribution in [1.82, 2.24) is 9.88 Å². The summed E-state index contributed by atoms with van der Waals surface area (Å²) in [5.41, 5.74) is 1.60. The number of carbonyl (C=O) groups excluding carboxylic acids is 1. The zero-order valence-corrected chi connectivity index (χ0v) is 15.0. The number of aryl methyl sites for hydroxylation is 1. The fourth-order valence-corrected chi connectivity index (χ4v) is 3.09. The van der Waals surface area contributed by atoms with E-state index in [1.165, 1.54) is 0 Å². The average molecular weight is 396 g/mol. The van der Waals surface area contributed by atoms with Crippen molar-refractivity contribution in [2.75, 3.05) is 13.1 Å². The van der Waals surface area contributed by atoms with Gasteiger partial charge in [0.2, 0.25) is 5.88 Å². The number of aromatic nitrogens is 1. The molecular formula is C17H16BrClN2O2. The number of halogens is 2. The smallest absolute Gasteiger partial charge is 0.255 e. The number of likely N-dealkylation sites (tertiary alicyclic amines) is 1. The third-order valence-corrected chi connectivity index (χ3v) is 4.59. The van der Waals surface area contributed by atoms with Gasteiger partial charge in [0.05, 0.1) is 17.1 Å². The predicted octanol–water partition coefficient (Wildman–Crippen LogP) is 4.10. The lowest BCUT2D eigenvalue weighted by atomic mass is 10.2. The van der Waals surface area contributed by atoms with Gasteiger partial charge in [-0.2, -0.15) is 0 Å². The van der Waals surface area contributed by atoms with Gasteiger partial charge in [-0.1, -0.05) is 33.6 Å². The number of pyridine rings is 1. The molecular weight excluding hydrogens is 380 g/mol. The van der Waals surface area contributed by atoms with Gasteiger partial charge in [0, 0.05) is 29.7 Å². The maximum Gasteiger partial charge on any atom is 0.255 e. The monoisotopic (exact) mass is 394 g/mol. The predicted molar refractivity (Wildman–Crippen MR) is 93.1 cm³/mol. The molecule has 1 aromatic heterocycles. The van der Waals surface area contributed by atoms with Gasteiger partial charge in [0.15, 0.2) is 0 Å². The number of hydrogen-bond donors (Lipinski definition) is 0. The third kappa shape index (κ3) is 3.85. The van der Waals surface area contributed by atoms with E-state index < -0.39 is 0 Å². The molecule has 4 nitrogen and oxygen atoms in total. The lowest BCUT2D eigenvalue weighted by molar-refractivity contribution is 0.0771. The second-order valence-electron chi connectivity index (χ2n) is 5.58. The summed E-state index contributed by atoms with van der Waals surface area (Å²) in [7, 11) is 0. The molecule has 1 aromatic carbocycles. The summed E-state index contributed by atoms with van der Waals surface area (Å²) < 4.78 is 6.69. The first kappa shape index (κ1) is 16.3. The molecule has 0 N–H and O–H groups in total. The Labute approximate surface area is 148 Å². The van der Waals surface area contributed by atoms with E-state index in [9.17, 15) is 4.79 Å². The van der Waals surface area contributed by atoms with Gasteiger partial charge in [-0.05, 0) is 30.7 Å². The van der Waals surface area contributed by atoms with E-state index in [2.05, 4.69) is 20.9 Å². The molecule has 2 heterocycles. The maximum atomic E-state index is 12.6. The number of hydrogen-bond acceptors (Lipinski definition) is 3. The molecule has 23 heavy (non-hydrogen) atoms. The van der Waals surface area contributed by atoms with E-state index >= 15 is 0 Å². The standard InChI is InChI=1S/C17H16BrClN2O2/c1-11-2-5-16(20-9-11)23-13-6-7-21(10-13)17(22)14-8-12(18)3-4-15(14)19/h2-5,8-9,13H,6-7,10H2,1H3. The zero-order valence-electron chi connectivity index (χ0n) is 12.6. The van der Waals surface area contributed by atoms with Crippen molar-refractivity contribution in [2.45, 2.75) is 19.4 Å². The minimum absolute atomic E-state index is 0.0416. The first-order valence-electron chi connectivity index (χ1n) is 7.36. The summed E-state index contributed by atoms with van der Waals surface area (Å²) in [6, 6.07) is 9.10. The second kappa shape index (κ2) is 6.89. The van der Waals surface area contributed by atoms with Crippen LogP contribution in [0.25, 0.3) is 0 Å². The van der Waals surface area contributed by atoms with Crippen molar-refractivity contribution in [3.8, 4) is 5.88 Å². The molecule has 1 amide bonds. The van der Waals surface area contributed by atoms with Gasteiger partial charge < -0.3 is 9.64 Å². The largest absolute Gasteiger partial charge is 0.472 e. The highest BCUT2D eigenvalue weighted by atomic mass is 79.9. The van der Waals surface area contributed by atoms with Crippen molar-refractivity contribution in [1.29, 1.82) is 0 Å². The van der Waals surface area contributed by atoms with Crippen molar-refractivity contribution in [3.05, 3.63) is 57.2 Å². The van der Waals surface area contributed by atoms with Crippen LogP contribution in [0.3, 0.4) is 0 Å². The van der Waals surface area contributed by atoms with Crippen LogP contribution < -0.4 is 4.74 Å². The number of rotatable bonds is 3. The van der Waals surface area contributed by atoms with Crippen LogP contribution in [0.4, 0.5) is 0 Å². The molecule has 1 aliphatic heterocycles.